The van der Waals surface area contributed by atoms with Crippen molar-refractivity contribution in [3.8, 4) is 0 Å². The zero-order valence-corrected chi connectivity index (χ0v) is 11.2. The number of fused-ring (bicyclic) bond motifs is 1. The normalized spacial score (nSPS) is 15.6. The van der Waals surface area contributed by atoms with E-state index in [2.05, 4.69) is 33.5 Å². The van der Waals surface area contributed by atoms with E-state index in [-0.39, 0.29) is 0 Å². The molecule has 3 heterocycles. The fraction of sp³-hybridized carbons (Fsp3) is 0.312. The maximum absolute atomic E-state index is 5.35. The highest BCUT2D eigenvalue weighted by Crippen LogP contribution is 2.23. The van der Waals surface area contributed by atoms with Gasteiger partial charge in [-0.2, -0.15) is 0 Å². The van der Waals surface area contributed by atoms with Crippen molar-refractivity contribution in [1.82, 2.24) is 15.3 Å². The van der Waals surface area contributed by atoms with Crippen LogP contribution in [0.5, 0.6) is 0 Å². The summed E-state index contributed by atoms with van der Waals surface area (Å²) >= 11 is 0. The standard InChI is InChI=1S/C16H17N3O/c1-2-13(20-7-1)4-6-16-18-14-5-3-11(8-15(14)19-16)12-9-17-10-12/h1-3,5,7-8,12,17H,4,6,9-10H2,(H,18,19). The predicted octanol–water partition coefficient (Wildman–Crippen LogP) is 2.63. The molecule has 0 atom stereocenters. The van der Waals surface area contributed by atoms with Gasteiger partial charge in [0.05, 0.1) is 17.3 Å². The summed E-state index contributed by atoms with van der Waals surface area (Å²) in [7, 11) is 0. The van der Waals surface area contributed by atoms with Crippen LogP contribution < -0.4 is 5.32 Å². The average molecular weight is 267 g/mol. The Kier molecular flexibility index (Phi) is 2.81. The number of imidazole rings is 1. The molecule has 2 aromatic heterocycles. The number of nitrogens with zero attached hydrogens (tertiary/aromatic N) is 1. The smallest absolute Gasteiger partial charge is 0.107 e. The van der Waals surface area contributed by atoms with Crippen LogP contribution in [0, 0.1) is 0 Å². The van der Waals surface area contributed by atoms with Gasteiger partial charge in [-0.25, -0.2) is 4.98 Å². The number of rotatable bonds is 4. The highest BCUT2D eigenvalue weighted by atomic mass is 16.3. The van der Waals surface area contributed by atoms with Crippen molar-refractivity contribution in [2.24, 2.45) is 0 Å². The van der Waals surface area contributed by atoms with E-state index in [0.29, 0.717) is 5.92 Å². The molecule has 1 aliphatic heterocycles. The van der Waals surface area contributed by atoms with Crippen LogP contribution >= 0.6 is 0 Å². The monoisotopic (exact) mass is 267 g/mol. The van der Waals surface area contributed by atoms with Gasteiger partial charge in [0.15, 0.2) is 0 Å². The van der Waals surface area contributed by atoms with Gasteiger partial charge in [0, 0.05) is 31.8 Å². The second kappa shape index (κ2) is 4.80. The van der Waals surface area contributed by atoms with E-state index in [0.717, 1.165) is 48.5 Å². The van der Waals surface area contributed by atoms with Crippen LogP contribution in [0.1, 0.15) is 23.1 Å². The molecule has 1 fully saturated rings. The number of benzene rings is 1. The highest BCUT2D eigenvalue weighted by molar-refractivity contribution is 5.76. The van der Waals surface area contributed by atoms with Crippen molar-refractivity contribution in [3.05, 3.63) is 53.7 Å². The zero-order chi connectivity index (χ0) is 13.4. The summed E-state index contributed by atoms with van der Waals surface area (Å²) < 4.78 is 5.35. The molecule has 2 N–H and O–H groups in total. The van der Waals surface area contributed by atoms with Gasteiger partial charge in [-0.15, -0.1) is 0 Å². The van der Waals surface area contributed by atoms with Crippen LogP contribution in [-0.2, 0) is 12.8 Å². The number of furan rings is 1. The van der Waals surface area contributed by atoms with Gasteiger partial charge in [0.1, 0.15) is 11.6 Å². The van der Waals surface area contributed by atoms with Crippen LogP contribution in [0.4, 0.5) is 0 Å². The van der Waals surface area contributed by atoms with Crippen molar-refractivity contribution in [3.63, 3.8) is 0 Å². The van der Waals surface area contributed by atoms with Crippen LogP contribution in [0.3, 0.4) is 0 Å². The molecule has 0 spiro atoms. The molecule has 1 aliphatic rings. The van der Waals surface area contributed by atoms with Gasteiger partial charge < -0.3 is 14.7 Å². The summed E-state index contributed by atoms with van der Waals surface area (Å²) in [5, 5.41) is 3.31. The lowest BCUT2D eigenvalue weighted by Gasteiger charge is -2.27. The second-order valence-electron chi connectivity index (χ2n) is 5.39. The highest BCUT2D eigenvalue weighted by Gasteiger charge is 2.19. The minimum absolute atomic E-state index is 0.661. The van der Waals surface area contributed by atoms with Gasteiger partial charge in [-0.1, -0.05) is 6.07 Å². The number of aromatic nitrogens is 2. The van der Waals surface area contributed by atoms with Crippen molar-refractivity contribution < 1.29 is 4.42 Å². The molecule has 1 aromatic carbocycles. The van der Waals surface area contributed by atoms with Gasteiger partial charge in [-0.05, 0) is 29.8 Å². The minimum Gasteiger partial charge on any atom is -0.469 e. The molecule has 0 bridgehead atoms. The maximum atomic E-state index is 5.35. The molecule has 4 nitrogen and oxygen atoms in total. The first-order valence-corrected chi connectivity index (χ1v) is 7.10. The van der Waals surface area contributed by atoms with Crippen molar-refractivity contribution in [2.45, 2.75) is 18.8 Å². The summed E-state index contributed by atoms with van der Waals surface area (Å²) in [6.07, 6.45) is 3.47. The molecule has 0 amide bonds. The Balaban J connectivity index is 1.55. The average Bonchev–Trinajstić information content (AvgIpc) is 3.02. The predicted molar refractivity (Wildman–Crippen MR) is 77.8 cm³/mol. The summed E-state index contributed by atoms with van der Waals surface area (Å²) in [5.74, 6) is 2.70. The molecule has 0 unspecified atom stereocenters. The lowest BCUT2D eigenvalue weighted by molar-refractivity contribution is 0.448. The Morgan fingerprint density at radius 2 is 2.15 bits per heavy atom. The molecule has 1 saturated heterocycles. The van der Waals surface area contributed by atoms with Crippen LogP contribution in [0.25, 0.3) is 11.0 Å². The molecule has 20 heavy (non-hydrogen) atoms. The van der Waals surface area contributed by atoms with E-state index >= 15 is 0 Å². The van der Waals surface area contributed by atoms with E-state index in [4.69, 9.17) is 4.42 Å². The first-order chi connectivity index (χ1) is 9.88. The van der Waals surface area contributed by atoms with Gasteiger partial charge in [0.25, 0.3) is 0 Å². The second-order valence-corrected chi connectivity index (χ2v) is 5.39. The lowest BCUT2D eigenvalue weighted by atomic mass is 9.93. The molecule has 0 saturated carbocycles. The first-order valence-electron chi connectivity index (χ1n) is 7.10. The molecule has 4 rings (SSSR count). The molecule has 0 aliphatic carbocycles. The molecule has 3 aromatic rings. The Hall–Kier alpha value is -2.07. The lowest BCUT2D eigenvalue weighted by Crippen LogP contribution is -2.39. The molecular weight excluding hydrogens is 250 g/mol. The van der Waals surface area contributed by atoms with E-state index < -0.39 is 0 Å². The van der Waals surface area contributed by atoms with Crippen molar-refractivity contribution >= 4 is 11.0 Å². The maximum Gasteiger partial charge on any atom is 0.107 e. The van der Waals surface area contributed by atoms with Gasteiger partial charge in [-0.3, -0.25) is 0 Å². The van der Waals surface area contributed by atoms with Crippen molar-refractivity contribution in [2.75, 3.05) is 13.1 Å². The molecule has 0 radical (unpaired) electrons. The minimum atomic E-state index is 0.661. The number of H-pyrrole nitrogens is 1. The SMILES string of the molecule is c1coc(CCc2nc3ccc(C4CNC4)cc3[nH]2)c1. The Labute approximate surface area is 117 Å². The van der Waals surface area contributed by atoms with Crippen LogP contribution in [-0.4, -0.2) is 23.1 Å². The quantitative estimate of drug-likeness (QED) is 0.764. The van der Waals surface area contributed by atoms with E-state index in [1.54, 1.807) is 6.26 Å². The Morgan fingerprint density at radius 1 is 1.20 bits per heavy atom. The Morgan fingerprint density at radius 3 is 2.90 bits per heavy atom. The van der Waals surface area contributed by atoms with Gasteiger partial charge in [0.2, 0.25) is 0 Å². The summed E-state index contributed by atoms with van der Waals surface area (Å²) in [6, 6.07) is 10.5. The van der Waals surface area contributed by atoms with Crippen LogP contribution in [0.2, 0.25) is 0 Å². The summed E-state index contributed by atoms with van der Waals surface area (Å²) in [4.78, 5) is 8.07. The fourth-order valence-corrected chi connectivity index (χ4v) is 2.67. The number of hydrogen-bond donors (Lipinski definition) is 2. The topological polar surface area (TPSA) is 53.9 Å². The Bertz CT molecular complexity index is 710. The number of aromatic amines is 1. The van der Waals surface area contributed by atoms with E-state index in [1.165, 1.54) is 5.56 Å². The molecule has 102 valence electrons. The van der Waals surface area contributed by atoms with E-state index in [1.807, 2.05) is 12.1 Å². The third-order valence-electron chi connectivity index (χ3n) is 4.00. The third-order valence-corrected chi connectivity index (χ3v) is 4.00. The number of nitrogens with one attached hydrogen (secondary N) is 2. The largest absolute Gasteiger partial charge is 0.469 e. The van der Waals surface area contributed by atoms with Gasteiger partial charge >= 0.3 is 0 Å². The van der Waals surface area contributed by atoms with Crippen molar-refractivity contribution in [1.29, 1.82) is 0 Å². The number of hydrogen-bond acceptors (Lipinski definition) is 3. The molecular formula is C16H17N3O. The number of aryl methyl sites for hydroxylation is 2. The van der Waals surface area contributed by atoms with Crippen LogP contribution in [0.15, 0.2) is 41.0 Å². The zero-order valence-electron chi connectivity index (χ0n) is 11.2. The van der Waals surface area contributed by atoms with E-state index in [9.17, 15) is 0 Å². The summed E-state index contributed by atoms with van der Waals surface area (Å²) in [5.41, 5.74) is 3.59. The summed E-state index contributed by atoms with van der Waals surface area (Å²) in [6.45, 7) is 2.18. The first kappa shape index (κ1) is 11.7. The molecule has 4 heteroatoms. The fourth-order valence-electron chi connectivity index (χ4n) is 2.67. The third kappa shape index (κ3) is 2.12.